The van der Waals surface area contributed by atoms with Crippen molar-refractivity contribution in [2.75, 3.05) is 11.1 Å². The Labute approximate surface area is 105 Å². The Bertz CT molecular complexity index is 557. The third-order valence-electron chi connectivity index (χ3n) is 2.50. The Morgan fingerprint density at radius 3 is 3.11 bits per heavy atom. The molecule has 5 heteroatoms. The summed E-state index contributed by atoms with van der Waals surface area (Å²) < 4.78 is 5.27. The van der Waals surface area contributed by atoms with E-state index in [1.165, 1.54) is 6.20 Å². The van der Waals surface area contributed by atoms with Crippen LogP contribution in [0.5, 0.6) is 0 Å². The second-order valence-electron chi connectivity index (χ2n) is 4.11. The largest absolute Gasteiger partial charge is 0.469 e. The summed E-state index contributed by atoms with van der Waals surface area (Å²) in [6.07, 6.45) is 3.90. The molecule has 0 aliphatic rings. The van der Waals surface area contributed by atoms with E-state index in [0.717, 1.165) is 12.2 Å². The number of hydrogen-bond donors (Lipinski definition) is 2. The van der Waals surface area contributed by atoms with Crippen LogP contribution in [-0.2, 0) is 6.42 Å². The first-order valence-electron chi connectivity index (χ1n) is 5.63. The molecule has 2 heterocycles. The van der Waals surface area contributed by atoms with E-state index in [1.807, 2.05) is 19.1 Å². The first-order chi connectivity index (χ1) is 8.69. The van der Waals surface area contributed by atoms with Gasteiger partial charge in [-0.15, -0.1) is 0 Å². The topological polar surface area (TPSA) is 87.9 Å². The standard InChI is InChI=1S/C13H14N4O/c1-9(5-12-3-2-4-18-12)17-13-10(7-14)6-11(15)8-16-13/h2-4,6,8-9H,5,15H2,1H3,(H,16,17). The Kier molecular flexibility index (Phi) is 3.49. The Hall–Kier alpha value is -2.48. The van der Waals surface area contributed by atoms with E-state index >= 15 is 0 Å². The van der Waals surface area contributed by atoms with E-state index in [4.69, 9.17) is 15.4 Å². The summed E-state index contributed by atoms with van der Waals surface area (Å²) in [4.78, 5) is 4.13. The zero-order valence-electron chi connectivity index (χ0n) is 10.1. The monoisotopic (exact) mass is 242 g/mol. The van der Waals surface area contributed by atoms with Crippen molar-refractivity contribution in [2.45, 2.75) is 19.4 Å². The molecule has 1 unspecified atom stereocenters. The molecular weight excluding hydrogens is 228 g/mol. The summed E-state index contributed by atoms with van der Waals surface area (Å²) in [6.45, 7) is 2.00. The van der Waals surface area contributed by atoms with Crippen molar-refractivity contribution in [1.29, 1.82) is 5.26 Å². The van der Waals surface area contributed by atoms with Gasteiger partial charge in [-0.2, -0.15) is 5.26 Å². The quantitative estimate of drug-likeness (QED) is 0.857. The fourth-order valence-corrected chi connectivity index (χ4v) is 1.70. The number of nitrogens with one attached hydrogen (secondary N) is 1. The number of furan rings is 1. The zero-order chi connectivity index (χ0) is 13.0. The van der Waals surface area contributed by atoms with Gasteiger partial charge in [-0.1, -0.05) is 0 Å². The second-order valence-corrected chi connectivity index (χ2v) is 4.11. The molecule has 5 nitrogen and oxygen atoms in total. The van der Waals surface area contributed by atoms with Gasteiger partial charge in [0, 0.05) is 12.5 Å². The maximum atomic E-state index is 9.01. The number of nitrogens with zero attached hydrogens (tertiary/aromatic N) is 2. The molecule has 3 N–H and O–H groups in total. The minimum absolute atomic E-state index is 0.111. The lowest BCUT2D eigenvalue weighted by molar-refractivity contribution is 0.497. The van der Waals surface area contributed by atoms with Gasteiger partial charge in [-0.3, -0.25) is 0 Å². The van der Waals surface area contributed by atoms with Crippen LogP contribution in [0.25, 0.3) is 0 Å². The molecule has 2 aromatic heterocycles. The molecule has 0 bridgehead atoms. The van der Waals surface area contributed by atoms with Crippen LogP contribution >= 0.6 is 0 Å². The van der Waals surface area contributed by atoms with Gasteiger partial charge in [0.1, 0.15) is 17.6 Å². The highest BCUT2D eigenvalue weighted by atomic mass is 16.3. The van der Waals surface area contributed by atoms with Crippen LogP contribution in [0.15, 0.2) is 35.1 Å². The van der Waals surface area contributed by atoms with E-state index in [0.29, 0.717) is 17.1 Å². The van der Waals surface area contributed by atoms with Crippen LogP contribution in [-0.4, -0.2) is 11.0 Å². The van der Waals surface area contributed by atoms with Crippen molar-refractivity contribution in [3.8, 4) is 6.07 Å². The SMILES string of the molecule is CC(Cc1ccco1)Nc1ncc(N)cc1C#N. The summed E-state index contributed by atoms with van der Waals surface area (Å²) in [7, 11) is 0. The number of rotatable bonds is 4. The third kappa shape index (κ3) is 2.80. The van der Waals surface area contributed by atoms with Crippen molar-refractivity contribution >= 4 is 11.5 Å². The smallest absolute Gasteiger partial charge is 0.144 e. The molecule has 0 aliphatic heterocycles. The lowest BCUT2D eigenvalue weighted by atomic mass is 10.2. The van der Waals surface area contributed by atoms with Crippen LogP contribution < -0.4 is 11.1 Å². The van der Waals surface area contributed by atoms with Gasteiger partial charge < -0.3 is 15.5 Å². The highest BCUT2D eigenvalue weighted by molar-refractivity contribution is 5.57. The van der Waals surface area contributed by atoms with Crippen molar-refractivity contribution in [3.63, 3.8) is 0 Å². The Balaban J connectivity index is 2.07. The summed E-state index contributed by atoms with van der Waals surface area (Å²) in [6, 6.07) is 7.56. The number of hydrogen-bond acceptors (Lipinski definition) is 5. The number of pyridine rings is 1. The first-order valence-corrected chi connectivity index (χ1v) is 5.63. The fourth-order valence-electron chi connectivity index (χ4n) is 1.70. The van der Waals surface area contributed by atoms with Gasteiger partial charge >= 0.3 is 0 Å². The van der Waals surface area contributed by atoms with E-state index in [-0.39, 0.29) is 6.04 Å². The average Bonchev–Trinajstić information content (AvgIpc) is 2.84. The third-order valence-corrected chi connectivity index (χ3v) is 2.50. The van der Waals surface area contributed by atoms with Crippen molar-refractivity contribution < 1.29 is 4.42 Å². The molecule has 18 heavy (non-hydrogen) atoms. The summed E-state index contributed by atoms with van der Waals surface area (Å²) in [5.74, 6) is 1.44. The summed E-state index contributed by atoms with van der Waals surface area (Å²) in [5.41, 5.74) is 6.52. The molecule has 1 atom stereocenters. The first kappa shape index (κ1) is 12.0. The molecule has 2 aromatic rings. The predicted octanol–water partition coefficient (Wildman–Crippen LogP) is 2.17. The number of anilines is 2. The molecular formula is C13H14N4O. The summed E-state index contributed by atoms with van der Waals surface area (Å²) >= 11 is 0. The van der Waals surface area contributed by atoms with Crippen LogP contribution in [0.4, 0.5) is 11.5 Å². The van der Waals surface area contributed by atoms with Crippen LogP contribution in [0.2, 0.25) is 0 Å². The van der Waals surface area contributed by atoms with Crippen molar-refractivity contribution in [2.24, 2.45) is 0 Å². The Morgan fingerprint density at radius 1 is 1.61 bits per heavy atom. The van der Waals surface area contributed by atoms with E-state index in [9.17, 15) is 0 Å². The number of aromatic nitrogens is 1. The second kappa shape index (κ2) is 5.23. The number of nitrogens with two attached hydrogens (primary N) is 1. The lowest BCUT2D eigenvalue weighted by Gasteiger charge is -2.14. The minimum atomic E-state index is 0.111. The van der Waals surface area contributed by atoms with E-state index in [1.54, 1.807) is 12.3 Å². The molecule has 0 amide bonds. The lowest BCUT2D eigenvalue weighted by Crippen LogP contribution is -2.19. The molecule has 0 saturated heterocycles. The van der Waals surface area contributed by atoms with Crippen LogP contribution in [0, 0.1) is 11.3 Å². The number of nitrogen functional groups attached to an aromatic ring is 1. The predicted molar refractivity (Wildman–Crippen MR) is 68.9 cm³/mol. The molecule has 0 fully saturated rings. The van der Waals surface area contributed by atoms with E-state index in [2.05, 4.69) is 16.4 Å². The van der Waals surface area contributed by atoms with Crippen LogP contribution in [0.3, 0.4) is 0 Å². The van der Waals surface area contributed by atoms with Gasteiger partial charge in [0.15, 0.2) is 0 Å². The molecule has 0 radical (unpaired) electrons. The van der Waals surface area contributed by atoms with Gasteiger partial charge in [0.05, 0.1) is 23.7 Å². The van der Waals surface area contributed by atoms with Gasteiger partial charge in [0.2, 0.25) is 0 Å². The van der Waals surface area contributed by atoms with Crippen LogP contribution in [0.1, 0.15) is 18.2 Å². The zero-order valence-corrected chi connectivity index (χ0v) is 10.1. The fraction of sp³-hybridized carbons (Fsp3) is 0.231. The minimum Gasteiger partial charge on any atom is -0.469 e. The maximum Gasteiger partial charge on any atom is 0.144 e. The maximum absolute atomic E-state index is 9.01. The number of nitriles is 1. The Morgan fingerprint density at radius 2 is 2.44 bits per heavy atom. The van der Waals surface area contributed by atoms with Crippen molar-refractivity contribution in [1.82, 2.24) is 4.98 Å². The van der Waals surface area contributed by atoms with Gasteiger partial charge in [-0.25, -0.2) is 4.98 Å². The normalized spacial score (nSPS) is 11.8. The van der Waals surface area contributed by atoms with Gasteiger partial charge in [-0.05, 0) is 25.1 Å². The molecule has 0 saturated carbocycles. The van der Waals surface area contributed by atoms with Gasteiger partial charge in [0.25, 0.3) is 0 Å². The summed E-state index contributed by atoms with van der Waals surface area (Å²) in [5, 5.41) is 12.2. The van der Waals surface area contributed by atoms with E-state index < -0.39 is 0 Å². The average molecular weight is 242 g/mol. The molecule has 0 spiro atoms. The molecule has 92 valence electrons. The van der Waals surface area contributed by atoms with Crippen molar-refractivity contribution in [3.05, 3.63) is 42.0 Å². The molecule has 0 aliphatic carbocycles. The molecule has 2 rings (SSSR count). The highest BCUT2D eigenvalue weighted by Crippen LogP contribution is 2.16. The molecule has 0 aromatic carbocycles. The highest BCUT2D eigenvalue weighted by Gasteiger charge is 2.10.